The molecule has 0 fully saturated rings. The topological polar surface area (TPSA) is 74.4 Å². The molecule has 24 heavy (non-hydrogen) atoms. The van der Waals surface area contributed by atoms with Crippen LogP contribution in [0.5, 0.6) is 5.75 Å². The smallest absolute Gasteiger partial charge is 0.267 e. The number of ether oxygens (including phenoxy) is 1. The van der Waals surface area contributed by atoms with Crippen molar-refractivity contribution in [3.63, 3.8) is 0 Å². The quantitative estimate of drug-likeness (QED) is 0.674. The number of amides is 1. The lowest BCUT2D eigenvalue weighted by molar-refractivity contribution is 0.0912. The van der Waals surface area contributed by atoms with E-state index >= 15 is 0 Å². The Kier molecular flexibility index (Phi) is 4.48. The van der Waals surface area contributed by atoms with E-state index in [9.17, 15) is 14.3 Å². The molecule has 1 aromatic heterocycles. The third-order valence-corrected chi connectivity index (χ3v) is 3.78. The SMILES string of the molecule is COc1ccc2[nH]c(C(=O)NCC(O)c3ccc(F)cc3)cc2c1. The molecular weight excluding hydrogens is 311 g/mol. The van der Waals surface area contributed by atoms with Crippen LogP contribution in [0.3, 0.4) is 0 Å². The van der Waals surface area contributed by atoms with Crippen LogP contribution in [0.2, 0.25) is 0 Å². The molecule has 3 rings (SSSR count). The molecule has 6 heteroatoms. The fourth-order valence-electron chi connectivity index (χ4n) is 2.45. The van der Waals surface area contributed by atoms with E-state index in [-0.39, 0.29) is 18.3 Å². The molecule has 0 bridgehead atoms. The molecule has 3 aromatic rings. The number of hydrogen-bond acceptors (Lipinski definition) is 3. The van der Waals surface area contributed by atoms with Crippen molar-refractivity contribution in [2.45, 2.75) is 6.10 Å². The van der Waals surface area contributed by atoms with Gasteiger partial charge in [-0.2, -0.15) is 0 Å². The van der Waals surface area contributed by atoms with Gasteiger partial charge in [0.05, 0.1) is 13.2 Å². The summed E-state index contributed by atoms with van der Waals surface area (Å²) in [6.45, 7) is 0.0309. The number of carbonyl (C=O) groups is 1. The molecule has 0 aliphatic carbocycles. The first-order valence-electron chi connectivity index (χ1n) is 7.45. The van der Waals surface area contributed by atoms with E-state index in [0.29, 0.717) is 17.0 Å². The zero-order valence-corrected chi connectivity index (χ0v) is 13.0. The van der Waals surface area contributed by atoms with Crippen molar-refractivity contribution in [2.75, 3.05) is 13.7 Å². The largest absolute Gasteiger partial charge is 0.497 e. The Morgan fingerprint density at radius 2 is 2.00 bits per heavy atom. The van der Waals surface area contributed by atoms with Crippen LogP contribution in [0.25, 0.3) is 10.9 Å². The molecule has 0 radical (unpaired) electrons. The average Bonchev–Trinajstić information content (AvgIpc) is 3.03. The lowest BCUT2D eigenvalue weighted by Crippen LogP contribution is -2.28. The summed E-state index contributed by atoms with van der Waals surface area (Å²) in [5.74, 6) is 0.00927. The Balaban J connectivity index is 1.67. The zero-order chi connectivity index (χ0) is 17.1. The molecule has 0 aliphatic heterocycles. The highest BCUT2D eigenvalue weighted by atomic mass is 19.1. The van der Waals surface area contributed by atoms with Crippen LogP contribution in [0.4, 0.5) is 4.39 Å². The predicted octanol–water partition coefficient (Wildman–Crippen LogP) is 2.78. The summed E-state index contributed by atoms with van der Waals surface area (Å²) in [4.78, 5) is 15.2. The summed E-state index contributed by atoms with van der Waals surface area (Å²) in [5, 5.41) is 13.6. The first kappa shape index (κ1) is 16.0. The van der Waals surface area contributed by atoms with Crippen molar-refractivity contribution in [3.8, 4) is 5.75 Å². The summed E-state index contributed by atoms with van der Waals surface area (Å²) >= 11 is 0. The Labute approximate surface area is 138 Å². The minimum Gasteiger partial charge on any atom is -0.497 e. The molecule has 5 nitrogen and oxygen atoms in total. The van der Waals surface area contributed by atoms with Gasteiger partial charge in [0, 0.05) is 17.4 Å². The molecule has 1 atom stereocenters. The number of halogens is 1. The van der Waals surface area contributed by atoms with Gasteiger partial charge in [0.1, 0.15) is 17.3 Å². The number of aromatic amines is 1. The van der Waals surface area contributed by atoms with Crippen LogP contribution in [-0.4, -0.2) is 29.7 Å². The van der Waals surface area contributed by atoms with Crippen molar-refractivity contribution < 1.29 is 19.0 Å². The van der Waals surface area contributed by atoms with Gasteiger partial charge in [0.15, 0.2) is 0 Å². The van der Waals surface area contributed by atoms with Gasteiger partial charge >= 0.3 is 0 Å². The van der Waals surface area contributed by atoms with Crippen LogP contribution < -0.4 is 10.1 Å². The maximum atomic E-state index is 12.9. The van der Waals surface area contributed by atoms with Crippen LogP contribution in [-0.2, 0) is 0 Å². The van der Waals surface area contributed by atoms with Crippen LogP contribution in [0.15, 0.2) is 48.5 Å². The van der Waals surface area contributed by atoms with Gasteiger partial charge < -0.3 is 20.1 Å². The van der Waals surface area contributed by atoms with Gasteiger partial charge in [-0.05, 0) is 42.0 Å². The molecule has 2 aromatic carbocycles. The average molecular weight is 328 g/mol. The Morgan fingerprint density at radius 1 is 1.25 bits per heavy atom. The molecule has 1 amide bonds. The van der Waals surface area contributed by atoms with E-state index in [1.165, 1.54) is 24.3 Å². The van der Waals surface area contributed by atoms with Gasteiger partial charge in [-0.15, -0.1) is 0 Å². The number of fused-ring (bicyclic) bond motifs is 1. The van der Waals surface area contributed by atoms with Crippen molar-refractivity contribution in [1.29, 1.82) is 0 Å². The molecule has 0 spiro atoms. The number of H-pyrrole nitrogens is 1. The van der Waals surface area contributed by atoms with Gasteiger partial charge in [-0.3, -0.25) is 4.79 Å². The molecule has 3 N–H and O–H groups in total. The van der Waals surface area contributed by atoms with Crippen molar-refractivity contribution in [2.24, 2.45) is 0 Å². The molecule has 0 saturated carbocycles. The maximum absolute atomic E-state index is 12.9. The summed E-state index contributed by atoms with van der Waals surface area (Å²) in [7, 11) is 1.58. The third-order valence-electron chi connectivity index (χ3n) is 3.78. The van der Waals surface area contributed by atoms with Crippen molar-refractivity contribution >= 4 is 16.8 Å². The molecular formula is C18H17FN2O3. The molecule has 1 heterocycles. The second-order valence-electron chi connectivity index (χ2n) is 5.41. The number of aliphatic hydroxyl groups is 1. The van der Waals surface area contributed by atoms with Gasteiger partial charge in [-0.1, -0.05) is 12.1 Å². The van der Waals surface area contributed by atoms with E-state index < -0.39 is 6.10 Å². The van der Waals surface area contributed by atoms with Crippen molar-refractivity contribution in [1.82, 2.24) is 10.3 Å². The highest BCUT2D eigenvalue weighted by molar-refractivity contribution is 5.98. The first-order valence-corrected chi connectivity index (χ1v) is 7.45. The number of rotatable bonds is 5. The Bertz CT molecular complexity index is 858. The van der Waals surface area contributed by atoms with Gasteiger partial charge in [0.25, 0.3) is 5.91 Å². The van der Waals surface area contributed by atoms with E-state index in [4.69, 9.17) is 4.74 Å². The third kappa shape index (κ3) is 3.38. The molecule has 1 unspecified atom stereocenters. The summed E-state index contributed by atoms with van der Waals surface area (Å²) < 4.78 is 18.0. The standard InChI is InChI=1S/C18H17FN2O3/c1-24-14-6-7-15-12(8-14)9-16(21-15)18(23)20-10-17(22)11-2-4-13(19)5-3-11/h2-9,17,21-22H,10H2,1H3,(H,20,23). The lowest BCUT2D eigenvalue weighted by atomic mass is 10.1. The molecule has 0 saturated heterocycles. The fraction of sp³-hybridized carbons (Fsp3) is 0.167. The maximum Gasteiger partial charge on any atom is 0.267 e. The summed E-state index contributed by atoms with van der Waals surface area (Å²) in [5.41, 5.74) is 1.75. The van der Waals surface area contributed by atoms with Gasteiger partial charge in [0.2, 0.25) is 0 Å². The second-order valence-corrected chi connectivity index (χ2v) is 5.41. The van der Waals surface area contributed by atoms with Crippen molar-refractivity contribution in [3.05, 3.63) is 65.6 Å². The second kappa shape index (κ2) is 6.72. The van der Waals surface area contributed by atoms with E-state index in [1.54, 1.807) is 19.2 Å². The number of hydrogen-bond donors (Lipinski definition) is 3. The van der Waals surface area contributed by atoms with Crippen LogP contribution >= 0.6 is 0 Å². The van der Waals surface area contributed by atoms with Gasteiger partial charge in [-0.25, -0.2) is 4.39 Å². The van der Waals surface area contributed by atoms with E-state index in [1.807, 2.05) is 12.1 Å². The van der Waals surface area contributed by atoms with E-state index in [0.717, 1.165) is 10.9 Å². The number of aromatic nitrogens is 1. The number of benzene rings is 2. The molecule has 0 aliphatic rings. The number of carbonyl (C=O) groups excluding carboxylic acids is 1. The van der Waals surface area contributed by atoms with E-state index in [2.05, 4.69) is 10.3 Å². The first-order chi connectivity index (χ1) is 11.6. The molecule has 124 valence electrons. The highest BCUT2D eigenvalue weighted by Crippen LogP contribution is 2.21. The minimum absolute atomic E-state index is 0.0309. The predicted molar refractivity (Wildman–Crippen MR) is 88.5 cm³/mol. The summed E-state index contributed by atoms with van der Waals surface area (Å²) in [6, 6.07) is 12.7. The zero-order valence-electron chi connectivity index (χ0n) is 13.0. The highest BCUT2D eigenvalue weighted by Gasteiger charge is 2.13. The monoisotopic (exact) mass is 328 g/mol. The lowest BCUT2D eigenvalue weighted by Gasteiger charge is -2.11. The summed E-state index contributed by atoms with van der Waals surface area (Å²) in [6.07, 6.45) is -0.904. The Hall–Kier alpha value is -2.86. The minimum atomic E-state index is -0.904. The number of methoxy groups -OCH3 is 1. The Morgan fingerprint density at radius 3 is 2.71 bits per heavy atom. The van der Waals surface area contributed by atoms with Crippen LogP contribution in [0, 0.1) is 5.82 Å². The number of aliphatic hydroxyl groups excluding tert-OH is 1. The normalized spacial score (nSPS) is 12.1. The van der Waals surface area contributed by atoms with Crippen LogP contribution in [0.1, 0.15) is 22.2 Å². The fourth-order valence-corrected chi connectivity index (χ4v) is 2.45. The number of nitrogens with one attached hydrogen (secondary N) is 2.